The van der Waals surface area contributed by atoms with E-state index in [1.165, 1.54) is 0 Å². The summed E-state index contributed by atoms with van der Waals surface area (Å²) in [7, 11) is 0. The molecule has 0 aliphatic heterocycles. The van der Waals surface area contributed by atoms with Crippen LogP contribution in [0.15, 0.2) is 126 Å². The number of furan rings is 1. The van der Waals surface area contributed by atoms with E-state index >= 15 is 0 Å². The van der Waals surface area contributed by atoms with Gasteiger partial charge in [0.25, 0.3) is 0 Å². The zero-order valence-electron chi connectivity index (χ0n) is 26.2. The topological polar surface area (TPSA) is 87.9 Å². The molecule has 0 amide bonds. The van der Waals surface area contributed by atoms with Crippen LogP contribution in [0.2, 0.25) is 0 Å². The maximum Gasteiger partial charge on any atom is 0.149 e. The van der Waals surface area contributed by atoms with Crippen LogP contribution in [-0.4, -0.2) is 19.6 Å². The van der Waals surface area contributed by atoms with E-state index in [-0.39, 0.29) is 11.2 Å². The number of benzene rings is 5. The van der Waals surface area contributed by atoms with E-state index < -0.39 is 0 Å². The number of hydrogen-bond donors (Lipinski definition) is 1. The number of nitriles is 1. The van der Waals surface area contributed by atoms with Gasteiger partial charge in [0.05, 0.1) is 33.9 Å². The minimum Gasteiger partial charge on any atom is -0.507 e. The average molecular weight is 611 g/mol. The second-order valence-electron chi connectivity index (χ2n) is 12.8. The Morgan fingerprint density at radius 1 is 0.766 bits per heavy atom. The van der Waals surface area contributed by atoms with Gasteiger partial charge in [-0.05, 0) is 77.2 Å². The quantitative estimate of drug-likeness (QED) is 0.214. The Morgan fingerprint density at radius 3 is 2.38 bits per heavy atom. The summed E-state index contributed by atoms with van der Waals surface area (Å²) >= 11 is 0. The van der Waals surface area contributed by atoms with Crippen molar-refractivity contribution < 1.29 is 9.52 Å². The summed E-state index contributed by atoms with van der Waals surface area (Å²) in [4.78, 5) is 9.95. The molecular formula is C41H30N4O2. The van der Waals surface area contributed by atoms with Gasteiger partial charge >= 0.3 is 0 Å². The molecule has 8 rings (SSSR count). The normalized spacial score (nSPS) is 11.8. The van der Waals surface area contributed by atoms with Crippen molar-refractivity contribution in [3.05, 3.63) is 133 Å². The van der Waals surface area contributed by atoms with Crippen molar-refractivity contribution in [1.82, 2.24) is 14.5 Å². The van der Waals surface area contributed by atoms with Crippen molar-refractivity contribution in [2.24, 2.45) is 0 Å². The maximum absolute atomic E-state index is 11.2. The van der Waals surface area contributed by atoms with Crippen LogP contribution in [0.1, 0.15) is 31.9 Å². The highest BCUT2D eigenvalue weighted by atomic mass is 16.3. The van der Waals surface area contributed by atoms with E-state index in [2.05, 4.69) is 78.9 Å². The van der Waals surface area contributed by atoms with Gasteiger partial charge < -0.3 is 9.52 Å². The van der Waals surface area contributed by atoms with Gasteiger partial charge in [0.1, 0.15) is 22.7 Å². The molecule has 0 saturated carbocycles. The lowest BCUT2D eigenvalue weighted by Crippen LogP contribution is -2.11. The maximum atomic E-state index is 11.2. The van der Waals surface area contributed by atoms with E-state index in [1.807, 2.05) is 54.6 Å². The molecule has 3 heterocycles. The Hall–Kier alpha value is -6.19. The number of phenols is 1. The van der Waals surface area contributed by atoms with Gasteiger partial charge in [0.2, 0.25) is 0 Å². The zero-order chi connectivity index (χ0) is 32.3. The summed E-state index contributed by atoms with van der Waals surface area (Å²) in [6.07, 6.45) is 1.65. The highest BCUT2D eigenvalue weighted by molar-refractivity contribution is 6.12. The summed E-state index contributed by atoms with van der Waals surface area (Å²) in [5, 5.41) is 22.8. The molecule has 0 bridgehead atoms. The lowest BCUT2D eigenvalue weighted by molar-refractivity contribution is 0.475. The van der Waals surface area contributed by atoms with Crippen molar-refractivity contribution in [2.75, 3.05) is 0 Å². The third-order valence-electron chi connectivity index (χ3n) is 8.76. The zero-order valence-corrected chi connectivity index (χ0v) is 26.2. The second kappa shape index (κ2) is 10.7. The first-order valence-corrected chi connectivity index (χ1v) is 15.5. The van der Waals surface area contributed by atoms with Crippen LogP contribution in [0, 0.1) is 11.3 Å². The number of pyridine rings is 1. The molecule has 0 saturated heterocycles. The minimum absolute atomic E-state index is 0.118. The molecule has 1 N–H and O–H groups in total. The average Bonchev–Trinajstić information content (AvgIpc) is 3.67. The number of para-hydroxylation sites is 3. The number of rotatable bonds is 4. The fraction of sp³-hybridized carbons (Fsp3) is 0.0976. The van der Waals surface area contributed by atoms with Crippen LogP contribution in [-0.2, 0) is 5.41 Å². The number of aromatic nitrogens is 3. The molecule has 0 aliphatic carbocycles. The molecule has 5 aromatic carbocycles. The summed E-state index contributed by atoms with van der Waals surface area (Å²) < 4.78 is 8.53. The third kappa shape index (κ3) is 4.72. The van der Waals surface area contributed by atoms with Crippen molar-refractivity contribution in [2.45, 2.75) is 26.2 Å². The molecule has 8 aromatic rings. The highest BCUT2D eigenvalue weighted by Crippen LogP contribution is 2.43. The predicted molar refractivity (Wildman–Crippen MR) is 188 cm³/mol. The van der Waals surface area contributed by atoms with Crippen LogP contribution in [0.25, 0.3) is 72.4 Å². The van der Waals surface area contributed by atoms with Gasteiger partial charge in [-0.1, -0.05) is 75.4 Å². The molecule has 3 aromatic heterocycles. The number of hydrogen-bond acceptors (Lipinski definition) is 5. The Bertz CT molecular complexity index is 2530. The summed E-state index contributed by atoms with van der Waals surface area (Å²) in [6, 6.07) is 40.0. The number of fused-ring (bicyclic) bond motifs is 4. The lowest BCUT2D eigenvalue weighted by atomic mass is 9.86. The van der Waals surface area contributed by atoms with E-state index in [1.54, 1.807) is 24.4 Å². The number of aromatic hydroxyl groups is 1. The number of phenolic OH excluding ortho intramolecular Hbond substituents is 1. The highest BCUT2D eigenvalue weighted by Gasteiger charge is 2.23. The van der Waals surface area contributed by atoms with Gasteiger partial charge in [-0.2, -0.15) is 5.26 Å². The van der Waals surface area contributed by atoms with E-state index in [0.717, 1.165) is 55.3 Å². The van der Waals surface area contributed by atoms with Gasteiger partial charge in [-0.25, -0.2) is 4.98 Å². The molecule has 226 valence electrons. The number of nitrogens with zero attached hydrogens (tertiary/aromatic N) is 4. The molecule has 0 atom stereocenters. The van der Waals surface area contributed by atoms with E-state index in [4.69, 9.17) is 9.40 Å². The molecular weight excluding hydrogens is 580 g/mol. The van der Waals surface area contributed by atoms with Crippen molar-refractivity contribution in [3.8, 4) is 51.3 Å². The smallest absolute Gasteiger partial charge is 0.149 e. The molecule has 0 spiro atoms. The van der Waals surface area contributed by atoms with Crippen molar-refractivity contribution >= 4 is 33.0 Å². The molecule has 0 aliphatic rings. The number of imidazole rings is 1. The fourth-order valence-electron chi connectivity index (χ4n) is 6.35. The molecule has 0 radical (unpaired) electrons. The molecule has 0 unspecified atom stereocenters. The molecule has 0 fully saturated rings. The first kappa shape index (κ1) is 28.3. The van der Waals surface area contributed by atoms with Gasteiger partial charge in [0, 0.05) is 33.8 Å². The van der Waals surface area contributed by atoms with Crippen LogP contribution in [0.5, 0.6) is 5.75 Å². The minimum atomic E-state index is -0.118. The Morgan fingerprint density at radius 2 is 1.57 bits per heavy atom. The first-order valence-electron chi connectivity index (χ1n) is 15.5. The molecule has 6 heteroatoms. The van der Waals surface area contributed by atoms with Crippen LogP contribution in [0.3, 0.4) is 0 Å². The SMILES string of the molecule is CC(C)(C)c1ccc(O)c(-c2nc3c(-c4cc(-c5cc(C#N)ccn5)c5oc6ccccc6c5c4)cccc3n2-c2ccccc2)c1. The largest absolute Gasteiger partial charge is 0.507 e. The third-order valence-corrected chi connectivity index (χ3v) is 8.76. The van der Waals surface area contributed by atoms with Crippen LogP contribution >= 0.6 is 0 Å². The summed E-state index contributed by atoms with van der Waals surface area (Å²) in [5.41, 5.74) is 9.62. The molecule has 47 heavy (non-hydrogen) atoms. The first-order chi connectivity index (χ1) is 22.8. The summed E-state index contributed by atoms with van der Waals surface area (Å²) in [6.45, 7) is 6.49. The second-order valence-corrected chi connectivity index (χ2v) is 12.8. The lowest BCUT2D eigenvalue weighted by Gasteiger charge is -2.20. The van der Waals surface area contributed by atoms with Crippen LogP contribution < -0.4 is 0 Å². The summed E-state index contributed by atoms with van der Waals surface area (Å²) in [5.74, 6) is 0.824. The monoisotopic (exact) mass is 610 g/mol. The van der Waals surface area contributed by atoms with Crippen molar-refractivity contribution in [1.29, 1.82) is 5.26 Å². The van der Waals surface area contributed by atoms with E-state index in [0.29, 0.717) is 28.2 Å². The van der Waals surface area contributed by atoms with Gasteiger partial charge in [-0.3, -0.25) is 9.55 Å². The van der Waals surface area contributed by atoms with E-state index in [9.17, 15) is 10.4 Å². The van der Waals surface area contributed by atoms with Gasteiger partial charge in [0.15, 0.2) is 0 Å². The van der Waals surface area contributed by atoms with Crippen LogP contribution in [0.4, 0.5) is 0 Å². The van der Waals surface area contributed by atoms with Gasteiger partial charge in [-0.15, -0.1) is 0 Å². The standard InChI is InChI=1S/C41H30N4O2/c1-41(2,3)27-16-17-36(46)33(23-27)40-44-38-29(13-9-14-35(38)45(40)28-10-5-4-6-11-28)26-21-31-30-12-7-8-15-37(30)47-39(31)32(22-26)34-20-25(24-42)18-19-43-34/h4-23,46H,1-3H3. The Balaban J connectivity index is 1.45. The molecule has 6 nitrogen and oxygen atoms in total. The predicted octanol–water partition coefficient (Wildman–Crippen LogP) is 10.2. The fourth-order valence-corrected chi connectivity index (χ4v) is 6.35. The van der Waals surface area contributed by atoms with Crippen molar-refractivity contribution in [3.63, 3.8) is 0 Å². The Kier molecular flexibility index (Phi) is 6.45. The Labute approximate surface area is 271 Å².